The number of aromatic nitrogens is 2. The summed E-state index contributed by atoms with van der Waals surface area (Å²) in [5, 5.41) is 0. The summed E-state index contributed by atoms with van der Waals surface area (Å²) in [6.45, 7) is 4.40. The Balaban J connectivity index is 1.73. The van der Waals surface area contributed by atoms with Gasteiger partial charge in [-0.2, -0.15) is 0 Å². The Labute approximate surface area is 138 Å². The highest BCUT2D eigenvalue weighted by Crippen LogP contribution is 2.20. The third kappa shape index (κ3) is 3.34. The average molecular weight is 332 g/mol. The van der Waals surface area contributed by atoms with Crippen molar-refractivity contribution in [3.05, 3.63) is 53.6 Å². The molecule has 3 heterocycles. The summed E-state index contributed by atoms with van der Waals surface area (Å²) in [6, 6.07) is 2.64. The van der Waals surface area contributed by atoms with Gasteiger partial charge in [-0.05, 0) is 25.0 Å². The van der Waals surface area contributed by atoms with E-state index in [-0.39, 0.29) is 5.69 Å². The molecule has 0 N–H and O–H groups in total. The monoisotopic (exact) mass is 332 g/mol. The molecule has 126 valence electrons. The van der Waals surface area contributed by atoms with Crippen LogP contribution in [0.15, 0.2) is 30.7 Å². The molecule has 2 aromatic heterocycles. The predicted octanol–water partition coefficient (Wildman–Crippen LogP) is 2.42. The van der Waals surface area contributed by atoms with E-state index in [2.05, 4.69) is 14.9 Å². The maximum absolute atomic E-state index is 13.8. The van der Waals surface area contributed by atoms with E-state index < -0.39 is 17.5 Å². The second-order valence-corrected chi connectivity index (χ2v) is 5.78. The summed E-state index contributed by atoms with van der Waals surface area (Å²) >= 11 is 0. The van der Waals surface area contributed by atoms with Crippen LogP contribution in [0.1, 0.15) is 22.5 Å². The molecule has 1 aliphatic rings. The number of amides is 1. The third-order valence-electron chi connectivity index (χ3n) is 4.12. The van der Waals surface area contributed by atoms with Crippen molar-refractivity contribution in [1.82, 2.24) is 14.9 Å². The topological polar surface area (TPSA) is 49.3 Å². The summed E-state index contributed by atoms with van der Waals surface area (Å²) in [5.74, 6) is -2.22. The highest BCUT2D eigenvalue weighted by molar-refractivity contribution is 5.92. The molecule has 5 nitrogen and oxygen atoms in total. The van der Waals surface area contributed by atoms with Gasteiger partial charge in [0.2, 0.25) is 0 Å². The Bertz CT molecular complexity index is 753. The van der Waals surface area contributed by atoms with Crippen molar-refractivity contribution in [1.29, 1.82) is 0 Å². The third-order valence-corrected chi connectivity index (χ3v) is 4.12. The summed E-state index contributed by atoms with van der Waals surface area (Å²) in [4.78, 5) is 23.9. The molecule has 0 saturated carbocycles. The zero-order valence-corrected chi connectivity index (χ0v) is 13.4. The molecule has 0 aromatic carbocycles. The number of carbonyl (C=O) groups excluding carboxylic acids is 1. The number of halogens is 2. The van der Waals surface area contributed by atoms with Crippen LogP contribution in [0, 0.1) is 18.6 Å². The van der Waals surface area contributed by atoms with Crippen molar-refractivity contribution in [2.75, 3.05) is 31.1 Å². The fourth-order valence-electron chi connectivity index (χ4n) is 2.90. The SMILES string of the molecule is Cc1cnccc1N1CCCN(C(=O)c2ncc(F)cc2F)CC1. The van der Waals surface area contributed by atoms with E-state index in [0.717, 1.165) is 30.4 Å². The zero-order chi connectivity index (χ0) is 17.1. The van der Waals surface area contributed by atoms with E-state index in [9.17, 15) is 13.6 Å². The van der Waals surface area contributed by atoms with Gasteiger partial charge in [0.05, 0.1) is 6.20 Å². The molecule has 0 bridgehead atoms. The molecule has 24 heavy (non-hydrogen) atoms. The van der Waals surface area contributed by atoms with Crippen molar-refractivity contribution in [2.24, 2.45) is 0 Å². The average Bonchev–Trinajstić information content (AvgIpc) is 2.81. The van der Waals surface area contributed by atoms with Gasteiger partial charge in [0.15, 0.2) is 11.5 Å². The number of aryl methyl sites for hydroxylation is 1. The minimum absolute atomic E-state index is 0.329. The van der Waals surface area contributed by atoms with Gasteiger partial charge >= 0.3 is 0 Å². The Morgan fingerprint density at radius 3 is 2.75 bits per heavy atom. The molecular weight excluding hydrogens is 314 g/mol. The van der Waals surface area contributed by atoms with Crippen molar-refractivity contribution in [3.63, 3.8) is 0 Å². The van der Waals surface area contributed by atoms with Crippen LogP contribution in [0.3, 0.4) is 0 Å². The highest BCUT2D eigenvalue weighted by atomic mass is 19.1. The molecule has 0 atom stereocenters. The van der Waals surface area contributed by atoms with Crippen LogP contribution >= 0.6 is 0 Å². The first-order valence-electron chi connectivity index (χ1n) is 7.82. The van der Waals surface area contributed by atoms with Gasteiger partial charge in [0.25, 0.3) is 5.91 Å². The lowest BCUT2D eigenvalue weighted by molar-refractivity contribution is 0.0755. The molecule has 1 fully saturated rings. The van der Waals surface area contributed by atoms with Crippen LogP contribution < -0.4 is 4.90 Å². The van der Waals surface area contributed by atoms with E-state index in [1.165, 1.54) is 0 Å². The van der Waals surface area contributed by atoms with Crippen LogP contribution in [0.4, 0.5) is 14.5 Å². The van der Waals surface area contributed by atoms with Crippen LogP contribution in [0.25, 0.3) is 0 Å². The Hall–Kier alpha value is -2.57. The lowest BCUT2D eigenvalue weighted by Gasteiger charge is -2.25. The maximum atomic E-state index is 13.8. The minimum Gasteiger partial charge on any atom is -0.369 e. The second-order valence-electron chi connectivity index (χ2n) is 5.78. The van der Waals surface area contributed by atoms with Crippen LogP contribution in [0.2, 0.25) is 0 Å². The van der Waals surface area contributed by atoms with Crippen molar-refractivity contribution >= 4 is 11.6 Å². The van der Waals surface area contributed by atoms with Gasteiger partial charge in [-0.15, -0.1) is 0 Å². The summed E-state index contributed by atoms with van der Waals surface area (Å²) in [7, 11) is 0. The van der Waals surface area contributed by atoms with E-state index >= 15 is 0 Å². The van der Waals surface area contributed by atoms with E-state index in [1.807, 2.05) is 13.0 Å². The fourth-order valence-corrected chi connectivity index (χ4v) is 2.90. The van der Waals surface area contributed by atoms with E-state index in [1.54, 1.807) is 17.3 Å². The molecule has 0 aliphatic carbocycles. The van der Waals surface area contributed by atoms with Gasteiger partial charge in [0, 0.05) is 50.3 Å². The molecule has 1 aliphatic heterocycles. The van der Waals surface area contributed by atoms with Gasteiger partial charge in [-0.1, -0.05) is 0 Å². The number of hydrogen-bond donors (Lipinski definition) is 0. The molecule has 0 radical (unpaired) electrons. The van der Waals surface area contributed by atoms with Crippen LogP contribution in [0.5, 0.6) is 0 Å². The smallest absolute Gasteiger partial charge is 0.275 e. The van der Waals surface area contributed by atoms with Gasteiger partial charge in [-0.25, -0.2) is 13.8 Å². The number of anilines is 1. The molecular formula is C17H18F2N4O. The maximum Gasteiger partial charge on any atom is 0.275 e. The first kappa shape index (κ1) is 16.3. The summed E-state index contributed by atoms with van der Waals surface area (Å²) < 4.78 is 26.7. The van der Waals surface area contributed by atoms with E-state index in [4.69, 9.17) is 0 Å². The van der Waals surface area contributed by atoms with Crippen LogP contribution in [-0.4, -0.2) is 47.0 Å². The number of nitrogens with zero attached hydrogens (tertiary/aromatic N) is 4. The van der Waals surface area contributed by atoms with Gasteiger partial charge in [-0.3, -0.25) is 9.78 Å². The Kier molecular flexibility index (Phi) is 4.69. The summed E-state index contributed by atoms with van der Waals surface area (Å²) in [5.41, 5.74) is 1.83. The standard InChI is InChI=1S/C17H18F2N4O/c1-12-10-20-4-3-15(12)22-5-2-6-23(8-7-22)17(24)16-14(19)9-13(18)11-21-16/h3-4,9-11H,2,5-8H2,1H3. The van der Waals surface area contributed by atoms with Gasteiger partial charge in [0.1, 0.15) is 5.82 Å². The first-order chi connectivity index (χ1) is 11.6. The second kappa shape index (κ2) is 6.90. The predicted molar refractivity (Wildman–Crippen MR) is 85.9 cm³/mol. The lowest BCUT2D eigenvalue weighted by Crippen LogP contribution is -2.36. The van der Waals surface area contributed by atoms with Crippen LogP contribution in [-0.2, 0) is 0 Å². The van der Waals surface area contributed by atoms with Crippen molar-refractivity contribution in [3.8, 4) is 0 Å². The van der Waals surface area contributed by atoms with Gasteiger partial charge < -0.3 is 9.80 Å². The molecule has 1 saturated heterocycles. The molecule has 2 aromatic rings. The highest BCUT2D eigenvalue weighted by Gasteiger charge is 2.24. The number of hydrogen-bond acceptors (Lipinski definition) is 4. The molecule has 1 amide bonds. The quantitative estimate of drug-likeness (QED) is 0.847. The summed E-state index contributed by atoms with van der Waals surface area (Å²) in [6.07, 6.45) is 5.17. The van der Waals surface area contributed by atoms with Crippen molar-refractivity contribution in [2.45, 2.75) is 13.3 Å². The first-order valence-corrected chi connectivity index (χ1v) is 7.82. The largest absolute Gasteiger partial charge is 0.369 e. The Morgan fingerprint density at radius 1 is 1.17 bits per heavy atom. The zero-order valence-electron chi connectivity index (χ0n) is 13.4. The molecule has 3 rings (SSSR count). The number of carbonyl (C=O) groups is 1. The molecule has 0 unspecified atom stereocenters. The van der Waals surface area contributed by atoms with E-state index in [0.29, 0.717) is 25.7 Å². The fraction of sp³-hybridized carbons (Fsp3) is 0.353. The minimum atomic E-state index is -0.925. The molecule has 0 spiro atoms. The lowest BCUT2D eigenvalue weighted by atomic mass is 10.2. The number of rotatable bonds is 2. The number of pyridine rings is 2. The molecule has 7 heteroatoms. The Morgan fingerprint density at radius 2 is 2.00 bits per heavy atom. The normalized spacial score (nSPS) is 15.3. The van der Waals surface area contributed by atoms with Crippen molar-refractivity contribution < 1.29 is 13.6 Å².